The average molecular weight is 277 g/mol. The fourth-order valence-corrected chi connectivity index (χ4v) is 2.99. The Labute approximate surface area is 122 Å². The van der Waals surface area contributed by atoms with Crippen LogP contribution in [0.1, 0.15) is 44.6 Å². The molecule has 0 bridgehead atoms. The summed E-state index contributed by atoms with van der Waals surface area (Å²) in [5, 5.41) is 13.7. The Hall–Kier alpha value is -1.13. The van der Waals surface area contributed by atoms with E-state index in [9.17, 15) is 5.11 Å². The molecular formula is C16H27N3O. The van der Waals surface area contributed by atoms with Gasteiger partial charge in [0, 0.05) is 25.4 Å². The van der Waals surface area contributed by atoms with Crippen LogP contribution in [0.5, 0.6) is 0 Å². The first-order valence-electron chi connectivity index (χ1n) is 7.79. The minimum absolute atomic E-state index is 0.198. The lowest BCUT2D eigenvalue weighted by Gasteiger charge is -2.36. The van der Waals surface area contributed by atoms with Crippen molar-refractivity contribution in [3.63, 3.8) is 0 Å². The summed E-state index contributed by atoms with van der Waals surface area (Å²) in [6.45, 7) is 4.02. The molecule has 1 aromatic heterocycles. The lowest BCUT2D eigenvalue weighted by molar-refractivity contribution is 0.106. The van der Waals surface area contributed by atoms with Gasteiger partial charge in [-0.2, -0.15) is 0 Å². The van der Waals surface area contributed by atoms with Crippen LogP contribution in [0.2, 0.25) is 0 Å². The molecule has 0 radical (unpaired) electrons. The van der Waals surface area contributed by atoms with E-state index in [0.29, 0.717) is 0 Å². The lowest BCUT2D eigenvalue weighted by atomic mass is 9.91. The van der Waals surface area contributed by atoms with Gasteiger partial charge in [0.15, 0.2) is 0 Å². The molecule has 0 saturated heterocycles. The van der Waals surface area contributed by atoms with Crippen LogP contribution >= 0.6 is 0 Å². The molecule has 4 nitrogen and oxygen atoms in total. The van der Waals surface area contributed by atoms with Crippen molar-refractivity contribution in [1.29, 1.82) is 0 Å². The first-order valence-corrected chi connectivity index (χ1v) is 7.79. The second kappa shape index (κ2) is 7.60. The number of aliphatic hydroxyl groups is 1. The van der Waals surface area contributed by atoms with Crippen molar-refractivity contribution in [3.8, 4) is 0 Å². The van der Waals surface area contributed by atoms with E-state index >= 15 is 0 Å². The van der Waals surface area contributed by atoms with E-state index in [1.54, 1.807) is 0 Å². The Morgan fingerprint density at radius 2 is 2.20 bits per heavy atom. The first-order chi connectivity index (χ1) is 9.74. The number of hydrogen-bond donors (Lipinski definition) is 2. The molecule has 1 heterocycles. The highest BCUT2D eigenvalue weighted by atomic mass is 16.3. The van der Waals surface area contributed by atoms with Crippen molar-refractivity contribution in [3.05, 3.63) is 23.9 Å². The van der Waals surface area contributed by atoms with Gasteiger partial charge >= 0.3 is 0 Å². The molecule has 2 N–H and O–H groups in total. The summed E-state index contributed by atoms with van der Waals surface area (Å²) < 4.78 is 0. The van der Waals surface area contributed by atoms with Crippen molar-refractivity contribution in [2.75, 3.05) is 18.5 Å². The zero-order chi connectivity index (χ0) is 14.4. The number of likely N-dealkylation sites (N-methyl/N-ethyl adjacent to an activating group) is 1. The standard InChI is InChI=1S/C16H27N3O/c1-3-10-17-12-13-7-6-11-18-16(13)19(2)14-8-4-5-9-15(14)20/h6-7,11,14-15,17,20H,3-5,8-10,12H2,1-2H3. The zero-order valence-corrected chi connectivity index (χ0v) is 12.7. The normalized spacial score (nSPS) is 22.8. The predicted octanol–water partition coefficient (Wildman–Crippen LogP) is 2.32. The van der Waals surface area contributed by atoms with Crippen molar-refractivity contribution in [1.82, 2.24) is 10.3 Å². The maximum Gasteiger partial charge on any atom is 0.133 e. The van der Waals surface area contributed by atoms with Crippen molar-refractivity contribution >= 4 is 5.82 Å². The van der Waals surface area contributed by atoms with E-state index in [4.69, 9.17) is 0 Å². The van der Waals surface area contributed by atoms with E-state index < -0.39 is 0 Å². The van der Waals surface area contributed by atoms with Gasteiger partial charge in [0.05, 0.1) is 12.1 Å². The molecule has 0 aromatic carbocycles. The Balaban J connectivity index is 2.09. The van der Waals surface area contributed by atoms with Gasteiger partial charge in [0.2, 0.25) is 0 Å². The number of anilines is 1. The van der Waals surface area contributed by atoms with Crippen LogP contribution in [0, 0.1) is 0 Å². The topological polar surface area (TPSA) is 48.4 Å². The van der Waals surface area contributed by atoms with Crippen LogP contribution in [0.25, 0.3) is 0 Å². The SMILES string of the molecule is CCCNCc1cccnc1N(C)C1CCCCC1O. The fourth-order valence-electron chi connectivity index (χ4n) is 2.99. The van der Waals surface area contributed by atoms with Gasteiger partial charge < -0.3 is 15.3 Å². The van der Waals surface area contributed by atoms with E-state index in [0.717, 1.165) is 44.6 Å². The number of pyridine rings is 1. The molecule has 1 saturated carbocycles. The molecule has 1 aliphatic rings. The highest BCUT2D eigenvalue weighted by molar-refractivity contribution is 5.47. The molecule has 0 spiro atoms. The van der Waals surface area contributed by atoms with Crippen molar-refractivity contribution in [2.45, 2.75) is 57.7 Å². The summed E-state index contributed by atoms with van der Waals surface area (Å²) in [6, 6.07) is 4.30. The number of aliphatic hydroxyl groups excluding tert-OH is 1. The molecule has 112 valence electrons. The van der Waals surface area contributed by atoms with Gasteiger partial charge in [-0.3, -0.25) is 0 Å². The third-order valence-electron chi connectivity index (χ3n) is 4.14. The Kier molecular flexibility index (Phi) is 5.80. The maximum atomic E-state index is 10.2. The molecule has 0 aliphatic heterocycles. The summed E-state index contributed by atoms with van der Waals surface area (Å²) in [5.74, 6) is 1.00. The summed E-state index contributed by atoms with van der Waals surface area (Å²) >= 11 is 0. The zero-order valence-electron chi connectivity index (χ0n) is 12.7. The fraction of sp³-hybridized carbons (Fsp3) is 0.688. The number of rotatable bonds is 6. The van der Waals surface area contributed by atoms with Crippen LogP contribution in [-0.4, -0.2) is 35.8 Å². The van der Waals surface area contributed by atoms with Gasteiger partial charge in [-0.15, -0.1) is 0 Å². The smallest absolute Gasteiger partial charge is 0.133 e. The highest BCUT2D eigenvalue weighted by Crippen LogP contribution is 2.27. The summed E-state index contributed by atoms with van der Waals surface area (Å²) in [4.78, 5) is 6.72. The van der Waals surface area contributed by atoms with Gasteiger partial charge in [0.25, 0.3) is 0 Å². The van der Waals surface area contributed by atoms with Gasteiger partial charge in [0.1, 0.15) is 5.82 Å². The molecule has 20 heavy (non-hydrogen) atoms. The Morgan fingerprint density at radius 1 is 1.40 bits per heavy atom. The Bertz CT molecular complexity index is 410. The Morgan fingerprint density at radius 3 is 2.95 bits per heavy atom. The van der Waals surface area contributed by atoms with E-state index in [-0.39, 0.29) is 12.1 Å². The summed E-state index contributed by atoms with van der Waals surface area (Å²) in [7, 11) is 2.06. The second-order valence-corrected chi connectivity index (χ2v) is 5.69. The van der Waals surface area contributed by atoms with E-state index in [1.165, 1.54) is 12.0 Å². The largest absolute Gasteiger partial charge is 0.391 e. The van der Waals surface area contributed by atoms with Crippen LogP contribution in [-0.2, 0) is 6.54 Å². The second-order valence-electron chi connectivity index (χ2n) is 5.69. The van der Waals surface area contributed by atoms with E-state index in [2.05, 4.69) is 35.2 Å². The third-order valence-corrected chi connectivity index (χ3v) is 4.14. The molecule has 2 atom stereocenters. The number of hydrogen-bond acceptors (Lipinski definition) is 4. The summed E-state index contributed by atoms with van der Waals surface area (Å²) in [5.41, 5.74) is 1.21. The lowest BCUT2D eigenvalue weighted by Crippen LogP contribution is -2.44. The highest BCUT2D eigenvalue weighted by Gasteiger charge is 2.28. The van der Waals surface area contributed by atoms with Crippen LogP contribution in [0.4, 0.5) is 5.82 Å². The predicted molar refractivity (Wildman–Crippen MR) is 82.9 cm³/mol. The molecule has 2 rings (SSSR count). The van der Waals surface area contributed by atoms with Crippen LogP contribution < -0.4 is 10.2 Å². The van der Waals surface area contributed by atoms with Crippen LogP contribution in [0.3, 0.4) is 0 Å². The monoisotopic (exact) mass is 277 g/mol. The van der Waals surface area contributed by atoms with Crippen LogP contribution in [0.15, 0.2) is 18.3 Å². The number of nitrogens with zero attached hydrogens (tertiary/aromatic N) is 2. The van der Waals surface area contributed by atoms with Gasteiger partial charge in [-0.25, -0.2) is 4.98 Å². The minimum atomic E-state index is -0.229. The average Bonchev–Trinajstić information content (AvgIpc) is 2.48. The number of aromatic nitrogens is 1. The van der Waals surface area contributed by atoms with Gasteiger partial charge in [-0.05, 0) is 31.9 Å². The quantitative estimate of drug-likeness (QED) is 0.784. The molecule has 1 fully saturated rings. The van der Waals surface area contributed by atoms with E-state index in [1.807, 2.05) is 12.3 Å². The van der Waals surface area contributed by atoms with Crippen molar-refractivity contribution in [2.24, 2.45) is 0 Å². The van der Waals surface area contributed by atoms with Crippen molar-refractivity contribution < 1.29 is 5.11 Å². The molecule has 2 unspecified atom stereocenters. The minimum Gasteiger partial charge on any atom is -0.391 e. The maximum absolute atomic E-state index is 10.2. The molecule has 4 heteroatoms. The number of nitrogens with one attached hydrogen (secondary N) is 1. The molecule has 1 aliphatic carbocycles. The summed E-state index contributed by atoms with van der Waals surface area (Å²) in [6.07, 6.45) is 7.03. The third kappa shape index (κ3) is 3.70. The molecule has 0 amide bonds. The molecular weight excluding hydrogens is 250 g/mol. The van der Waals surface area contributed by atoms with Gasteiger partial charge in [-0.1, -0.05) is 25.8 Å². The first kappa shape index (κ1) is 15.3. The molecule has 1 aromatic rings.